The molecule has 1 rings (SSSR count). The van der Waals surface area contributed by atoms with E-state index >= 15 is 0 Å². The van der Waals surface area contributed by atoms with E-state index in [0.29, 0.717) is 6.42 Å². The molecule has 0 radical (unpaired) electrons. The van der Waals surface area contributed by atoms with Gasteiger partial charge >= 0.3 is 6.09 Å². The summed E-state index contributed by atoms with van der Waals surface area (Å²) in [5.74, 6) is 0. The molecule has 0 aromatic rings. The molecule has 1 saturated heterocycles. The number of amides is 1. The highest BCUT2D eigenvalue weighted by Gasteiger charge is 2.31. The summed E-state index contributed by atoms with van der Waals surface area (Å²) in [7, 11) is 0. The lowest BCUT2D eigenvalue weighted by Crippen LogP contribution is -2.39. The molecule has 0 saturated carbocycles. The third-order valence-electron chi connectivity index (χ3n) is 2.62. The van der Waals surface area contributed by atoms with Crippen LogP contribution in [-0.2, 0) is 9.53 Å². The van der Waals surface area contributed by atoms with Gasteiger partial charge in [0, 0.05) is 19.0 Å². The molecule has 16 heavy (non-hydrogen) atoms. The normalized spacial score (nSPS) is 20.9. The Bertz CT molecular complexity index is 257. The van der Waals surface area contributed by atoms with E-state index in [0.717, 1.165) is 32.1 Å². The predicted octanol–water partition coefficient (Wildman–Crippen LogP) is 2.37. The van der Waals surface area contributed by atoms with Gasteiger partial charge in [-0.3, -0.25) is 0 Å². The van der Waals surface area contributed by atoms with Crippen molar-refractivity contribution in [1.82, 2.24) is 4.90 Å². The number of aldehydes is 1. The van der Waals surface area contributed by atoms with Gasteiger partial charge in [-0.2, -0.15) is 0 Å². The molecule has 4 heteroatoms. The highest BCUT2D eigenvalue weighted by molar-refractivity contribution is 5.69. The van der Waals surface area contributed by atoms with Crippen molar-refractivity contribution in [1.29, 1.82) is 0 Å². The van der Waals surface area contributed by atoms with E-state index in [1.807, 2.05) is 20.8 Å². The zero-order valence-corrected chi connectivity index (χ0v) is 10.4. The van der Waals surface area contributed by atoms with Crippen LogP contribution in [0.2, 0.25) is 0 Å². The first-order valence-corrected chi connectivity index (χ1v) is 5.87. The quantitative estimate of drug-likeness (QED) is 0.695. The van der Waals surface area contributed by atoms with E-state index in [1.54, 1.807) is 4.90 Å². The lowest BCUT2D eigenvalue weighted by atomic mass is 10.1. The first kappa shape index (κ1) is 13.0. The molecule has 92 valence electrons. The molecule has 1 heterocycles. The van der Waals surface area contributed by atoms with Crippen molar-refractivity contribution in [2.24, 2.45) is 0 Å². The average molecular weight is 227 g/mol. The zero-order valence-electron chi connectivity index (χ0n) is 10.4. The van der Waals surface area contributed by atoms with Crippen LogP contribution in [0.3, 0.4) is 0 Å². The van der Waals surface area contributed by atoms with Crippen molar-refractivity contribution in [3.8, 4) is 0 Å². The van der Waals surface area contributed by atoms with Crippen LogP contribution in [-0.4, -0.2) is 35.5 Å². The van der Waals surface area contributed by atoms with E-state index in [2.05, 4.69) is 0 Å². The second kappa shape index (κ2) is 5.32. The number of nitrogens with zero attached hydrogens (tertiary/aromatic N) is 1. The van der Waals surface area contributed by atoms with Gasteiger partial charge in [0.2, 0.25) is 0 Å². The Morgan fingerprint density at radius 3 is 2.75 bits per heavy atom. The maximum absolute atomic E-state index is 11.8. The Morgan fingerprint density at radius 1 is 1.50 bits per heavy atom. The van der Waals surface area contributed by atoms with Crippen LogP contribution in [0, 0.1) is 0 Å². The fourth-order valence-electron chi connectivity index (χ4n) is 1.96. The number of hydrogen-bond donors (Lipinski definition) is 0. The Morgan fingerprint density at radius 2 is 2.19 bits per heavy atom. The Hall–Kier alpha value is -1.06. The van der Waals surface area contributed by atoms with E-state index in [9.17, 15) is 9.59 Å². The van der Waals surface area contributed by atoms with Gasteiger partial charge in [0.15, 0.2) is 0 Å². The minimum Gasteiger partial charge on any atom is -0.444 e. The maximum Gasteiger partial charge on any atom is 0.410 e. The van der Waals surface area contributed by atoms with E-state index in [-0.39, 0.29) is 12.1 Å². The lowest BCUT2D eigenvalue weighted by Gasteiger charge is -2.28. The number of hydrogen-bond acceptors (Lipinski definition) is 3. The first-order chi connectivity index (χ1) is 7.44. The highest BCUT2D eigenvalue weighted by atomic mass is 16.6. The van der Waals surface area contributed by atoms with E-state index < -0.39 is 5.60 Å². The van der Waals surface area contributed by atoms with Gasteiger partial charge in [0.05, 0.1) is 0 Å². The molecular formula is C12H21NO3. The van der Waals surface area contributed by atoms with E-state index in [1.165, 1.54) is 0 Å². The standard InChI is InChI=1S/C12H21NO3/c1-12(2,3)16-11(15)13-8-4-6-10(13)7-5-9-14/h9-10H,4-8H2,1-3H3/t10-/m0/s1. The van der Waals surface area contributed by atoms with Crippen molar-refractivity contribution < 1.29 is 14.3 Å². The number of rotatable bonds is 3. The van der Waals surface area contributed by atoms with Crippen LogP contribution in [0.5, 0.6) is 0 Å². The third kappa shape index (κ3) is 3.83. The number of carbonyl (C=O) groups excluding carboxylic acids is 2. The molecule has 0 aromatic heterocycles. The summed E-state index contributed by atoms with van der Waals surface area (Å²) in [6.07, 6.45) is 3.91. The van der Waals surface area contributed by atoms with Gasteiger partial charge in [0.25, 0.3) is 0 Å². The molecule has 1 aliphatic heterocycles. The van der Waals surface area contributed by atoms with Crippen molar-refractivity contribution in [3.05, 3.63) is 0 Å². The molecule has 0 aliphatic carbocycles. The summed E-state index contributed by atoms with van der Waals surface area (Å²) in [4.78, 5) is 23.9. The summed E-state index contributed by atoms with van der Waals surface area (Å²) < 4.78 is 5.33. The van der Waals surface area contributed by atoms with Crippen LogP contribution >= 0.6 is 0 Å². The Labute approximate surface area is 96.9 Å². The average Bonchev–Trinajstić information content (AvgIpc) is 2.59. The molecule has 4 nitrogen and oxygen atoms in total. The van der Waals surface area contributed by atoms with Crippen LogP contribution in [0.4, 0.5) is 4.79 Å². The lowest BCUT2D eigenvalue weighted by molar-refractivity contribution is -0.108. The molecular weight excluding hydrogens is 206 g/mol. The minimum atomic E-state index is -0.450. The molecule has 0 aromatic carbocycles. The van der Waals surface area contributed by atoms with Crippen LogP contribution in [0.1, 0.15) is 46.5 Å². The second-order valence-corrected chi connectivity index (χ2v) is 5.21. The first-order valence-electron chi connectivity index (χ1n) is 5.87. The molecule has 0 bridgehead atoms. The molecule has 0 unspecified atom stereocenters. The number of likely N-dealkylation sites (tertiary alicyclic amines) is 1. The van der Waals surface area contributed by atoms with Crippen LogP contribution in [0.15, 0.2) is 0 Å². The smallest absolute Gasteiger partial charge is 0.410 e. The molecule has 1 amide bonds. The second-order valence-electron chi connectivity index (χ2n) is 5.21. The van der Waals surface area contributed by atoms with Gasteiger partial charge in [-0.1, -0.05) is 0 Å². The fourth-order valence-corrected chi connectivity index (χ4v) is 1.96. The topological polar surface area (TPSA) is 46.6 Å². The molecule has 1 fully saturated rings. The van der Waals surface area contributed by atoms with Crippen molar-refractivity contribution in [2.45, 2.75) is 58.1 Å². The monoisotopic (exact) mass is 227 g/mol. The summed E-state index contributed by atoms with van der Waals surface area (Å²) in [5.41, 5.74) is -0.450. The third-order valence-corrected chi connectivity index (χ3v) is 2.62. The fraction of sp³-hybridized carbons (Fsp3) is 0.833. The zero-order chi connectivity index (χ0) is 12.2. The predicted molar refractivity (Wildman–Crippen MR) is 61.3 cm³/mol. The highest BCUT2D eigenvalue weighted by Crippen LogP contribution is 2.23. The van der Waals surface area contributed by atoms with Gasteiger partial charge in [-0.25, -0.2) is 4.79 Å². The SMILES string of the molecule is CC(C)(C)OC(=O)N1CCC[C@H]1CCC=O. The van der Waals surface area contributed by atoms with E-state index in [4.69, 9.17) is 4.74 Å². The van der Waals surface area contributed by atoms with Gasteiger partial charge in [-0.15, -0.1) is 0 Å². The van der Waals surface area contributed by atoms with Crippen molar-refractivity contribution >= 4 is 12.4 Å². The van der Waals surface area contributed by atoms with Gasteiger partial charge < -0.3 is 14.4 Å². The van der Waals surface area contributed by atoms with Crippen molar-refractivity contribution in [3.63, 3.8) is 0 Å². The number of carbonyl (C=O) groups is 2. The Balaban J connectivity index is 2.50. The van der Waals surface area contributed by atoms with Gasteiger partial charge in [-0.05, 0) is 40.0 Å². The summed E-state index contributed by atoms with van der Waals surface area (Å²) in [6.45, 7) is 6.34. The maximum atomic E-state index is 11.8. The van der Waals surface area contributed by atoms with Crippen LogP contribution < -0.4 is 0 Å². The molecule has 1 atom stereocenters. The molecule has 1 aliphatic rings. The molecule has 0 spiro atoms. The van der Waals surface area contributed by atoms with Crippen molar-refractivity contribution in [2.75, 3.05) is 6.54 Å². The summed E-state index contributed by atoms with van der Waals surface area (Å²) in [5, 5.41) is 0. The largest absolute Gasteiger partial charge is 0.444 e. The van der Waals surface area contributed by atoms with Gasteiger partial charge in [0.1, 0.15) is 11.9 Å². The summed E-state index contributed by atoms with van der Waals surface area (Å²) in [6, 6.07) is 0.181. The Kier molecular flexibility index (Phi) is 4.33. The molecule has 0 N–H and O–H groups in total. The minimum absolute atomic E-state index is 0.181. The summed E-state index contributed by atoms with van der Waals surface area (Å²) >= 11 is 0. The van der Waals surface area contributed by atoms with Crippen LogP contribution in [0.25, 0.3) is 0 Å². The number of ether oxygens (including phenoxy) is 1.